The number of allylic oxidation sites excluding steroid dienone is 2. The second-order valence-electron chi connectivity index (χ2n) is 6.35. The monoisotopic (exact) mass is 328 g/mol. The highest BCUT2D eigenvalue weighted by atomic mass is 32.2. The number of ether oxygens (including phenoxy) is 2. The van der Waals surface area contributed by atoms with Crippen LogP contribution in [0, 0.1) is 11.8 Å². The number of carboxylic acids is 1. The van der Waals surface area contributed by atoms with E-state index in [1.54, 1.807) is 0 Å². The molecule has 0 aromatic rings. The summed E-state index contributed by atoms with van der Waals surface area (Å²) in [5.74, 6) is 1.38. The van der Waals surface area contributed by atoms with Crippen LogP contribution in [0.1, 0.15) is 32.6 Å². The van der Waals surface area contributed by atoms with Gasteiger partial charge in [-0.05, 0) is 25.2 Å². The minimum absolute atomic E-state index is 0.135. The molecule has 0 spiro atoms. The van der Waals surface area contributed by atoms with Crippen LogP contribution in [0.3, 0.4) is 0 Å². The Hall–Kier alpha value is -0.720. The van der Waals surface area contributed by atoms with Crippen LogP contribution in [0.2, 0.25) is 0 Å². The predicted octanol–water partition coefficient (Wildman–Crippen LogP) is 1.74. The molecule has 3 rings (SSSR count). The summed E-state index contributed by atoms with van der Waals surface area (Å²) in [7, 11) is -0.776. The largest absolute Gasteiger partial charge is 0.481 e. The molecule has 3 saturated heterocycles. The minimum Gasteiger partial charge on any atom is -0.481 e. The Kier molecular flexibility index (Phi) is 5.00. The normalized spacial score (nSPS) is 40.0. The lowest BCUT2D eigenvalue weighted by Crippen LogP contribution is -2.36. The highest BCUT2D eigenvalue weighted by Gasteiger charge is 2.68. The molecule has 0 saturated carbocycles. The molecule has 124 valence electrons. The van der Waals surface area contributed by atoms with E-state index in [1.807, 2.05) is 6.92 Å². The fourth-order valence-electron chi connectivity index (χ4n) is 3.78. The van der Waals surface area contributed by atoms with Crippen molar-refractivity contribution >= 4 is 16.8 Å². The van der Waals surface area contributed by atoms with E-state index in [0.29, 0.717) is 29.8 Å². The first-order valence-corrected chi connectivity index (χ1v) is 9.63. The van der Waals surface area contributed by atoms with Crippen molar-refractivity contribution in [2.45, 2.75) is 57.0 Å². The average molecular weight is 328 g/mol. The van der Waals surface area contributed by atoms with Crippen molar-refractivity contribution in [2.24, 2.45) is 11.8 Å². The zero-order valence-electron chi connectivity index (χ0n) is 12.8. The van der Waals surface area contributed by atoms with E-state index in [4.69, 9.17) is 14.6 Å². The van der Waals surface area contributed by atoms with E-state index in [2.05, 4.69) is 12.2 Å². The zero-order valence-corrected chi connectivity index (χ0v) is 13.7. The molecule has 0 aromatic carbocycles. The molecule has 1 unspecified atom stereocenters. The van der Waals surface area contributed by atoms with E-state index in [0.717, 1.165) is 12.8 Å². The maximum atomic E-state index is 11.9. The van der Waals surface area contributed by atoms with Gasteiger partial charge < -0.3 is 14.6 Å². The van der Waals surface area contributed by atoms with Gasteiger partial charge in [0.25, 0.3) is 0 Å². The maximum absolute atomic E-state index is 11.9. The van der Waals surface area contributed by atoms with Crippen LogP contribution in [0.4, 0.5) is 0 Å². The number of rotatable bonds is 9. The van der Waals surface area contributed by atoms with Gasteiger partial charge in [0.05, 0.1) is 12.2 Å². The molecule has 0 aromatic heterocycles. The SMILES string of the molecule is CCS(=O)C[C@@H]1[C@H](CC=CCCCC(=O)O)[C@H]2O[C@@H]1[C@H]1O[C@H]12. The molecule has 1 N–H and O–H groups in total. The molecular weight excluding hydrogens is 304 g/mol. The summed E-state index contributed by atoms with van der Waals surface area (Å²) >= 11 is 0. The number of carboxylic acid groups (broad SMARTS) is 1. The molecular formula is C16H24O5S. The quantitative estimate of drug-likeness (QED) is 0.396. The first kappa shape index (κ1) is 16.1. The Morgan fingerprint density at radius 3 is 2.50 bits per heavy atom. The molecule has 3 aliphatic heterocycles. The maximum Gasteiger partial charge on any atom is 0.303 e. The van der Waals surface area contributed by atoms with Crippen molar-refractivity contribution < 1.29 is 23.6 Å². The van der Waals surface area contributed by atoms with E-state index >= 15 is 0 Å². The van der Waals surface area contributed by atoms with Crippen molar-refractivity contribution in [1.82, 2.24) is 0 Å². The lowest BCUT2D eigenvalue weighted by atomic mass is 9.78. The first-order valence-electron chi connectivity index (χ1n) is 8.14. The first-order chi connectivity index (χ1) is 10.6. The summed E-state index contributed by atoms with van der Waals surface area (Å²) in [5.41, 5.74) is 0. The number of unbranched alkanes of at least 4 members (excludes halogenated alkanes) is 1. The van der Waals surface area contributed by atoms with Gasteiger partial charge in [-0.3, -0.25) is 9.00 Å². The van der Waals surface area contributed by atoms with Crippen molar-refractivity contribution in [3.8, 4) is 0 Å². The topological polar surface area (TPSA) is 76.1 Å². The summed E-state index contributed by atoms with van der Waals surface area (Å²) < 4.78 is 23.6. The second-order valence-corrected chi connectivity index (χ2v) is 8.14. The summed E-state index contributed by atoms with van der Waals surface area (Å²) in [5, 5.41) is 8.61. The molecule has 3 heterocycles. The number of epoxide rings is 1. The molecule has 2 bridgehead atoms. The van der Waals surface area contributed by atoms with E-state index < -0.39 is 16.8 Å². The standard InChI is InChI=1S/C16H24O5S/c1-2-22(19)9-11-10(7-5-3-4-6-8-12(17)18)13-15-16(21-15)14(11)20-13/h3,5,10-11,13-16H,2,4,6-9H2,1H3,(H,17,18)/t10-,11+,13+,14-,15-,16+,22?/m0/s1. The summed E-state index contributed by atoms with van der Waals surface area (Å²) in [6, 6.07) is 0. The number of carbonyl (C=O) groups is 1. The van der Waals surface area contributed by atoms with Crippen LogP contribution in [0.5, 0.6) is 0 Å². The van der Waals surface area contributed by atoms with Gasteiger partial charge >= 0.3 is 5.97 Å². The van der Waals surface area contributed by atoms with Crippen molar-refractivity contribution in [1.29, 1.82) is 0 Å². The van der Waals surface area contributed by atoms with Gasteiger partial charge in [-0.2, -0.15) is 0 Å². The summed E-state index contributed by atoms with van der Waals surface area (Å²) in [6.07, 6.45) is 7.61. The molecule has 0 amide bonds. The van der Waals surface area contributed by atoms with Crippen molar-refractivity contribution in [3.63, 3.8) is 0 Å². The summed E-state index contributed by atoms with van der Waals surface area (Å²) in [4.78, 5) is 10.5. The van der Waals surface area contributed by atoms with Gasteiger partial charge in [0, 0.05) is 34.6 Å². The van der Waals surface area contributed by atoms with E-state index in [-0.39, 0.29) is 30.8 Å². The number of hydrogen-bond acceptors (Lipinski definition) is 4. The van der Waals surface area contributed by atoms with Crippen LogP contribution in [-0.2, 0) is 25.1 Å². The van der Waals surface area contributed by atoms with Gasteiger partial charge in [0.15, 0.2) is 0 Å². The van der Waals surface area contributed by atoms with Crippen LogP contribution >= 0.6 is 0 Å². The van der Waals surface area contributed by atoms with Crippen LogP contribution in [0.15, 0.2) is 12.2 Å². The Balaban J connectivity index is 1.51. The van der Waals surface area contributed by atoms with Gasteiger partial charge in [-0.25, -0.2) is 0 Å². The fourth-order valence-corrected chi connectivity index (χ4v) is 4.88. The Morgan fingerprint density at radius 1 is 1.14 bits per heavy atom. The smallest absolute Gasteiger partial charge is 0.303 e. The second kappa shape index (κ2) is 6.81. The number of fused-ring (bicyclic) bond motifs is 5. The molecule has 0 radical (unpaired) electrons. The highest BCUT2D eigenvalue weighted by molar-refractivity contribution is 7.84. The highest BCUT2D eigenvalue weighted by Crippen LogP contribution is 2.55. The van der Waals surface area contributed by atoms with Crippen molar-refractivity contribution in [3.05, 3.63) is 12.2 Å². The molecule has 3 aliphatic rings. The molecule has 7 atom stereocenters. The lowest BCUT2D eigenvalue weighted by Gasteiger charge is -2.24. The van der Waals surface area contributed by atoms with Gasteiger partial charge in [-0.1, -0.05) is 19.1 Å². The third kappa shape index (κ3) is 3.29. The molecule has 0 aliphatic carbocycles. The minimum atomic E-state index is -0.776. The Labute approximate surface area is 133 Å². The number of hydrogen-bond donors (Lipinski definition) is 1. The molecule has 6 heteroatoms. The molecule has 22 heavy (non-hydrogen) atoms. The van der Waals surface area contributed by atoms with Gasteiger partial charge in [0.1, 0.15) is 12.2 Å². The zero-order chi connectivity index (χ0) is 15.7. The van der Waals surface area contributed by atoms with E-state index in [9.17, 15) is 9.00 Å². The van der Waals surface area contributed by atoms with Crippen LogP contribution in [-0.4, -0.2) is 51.2 Å². The third-order valence-electron chi connectivity index (χ3n) is 4.95. The van der Waals surface area contributed by atoms with Gasteiger partial charge in [0.2, 0.25) is 0 Å². The summed E-state index contributed by atoms with van der Waals surface area (Å²) in [6.45, 7) is 1.96. The van der Waals surface area contributed by atoms with Crippen LogP contribution < -0.4 is 0 Å². The molecule has 5 nitrogen and oxygen atoms in total. The fraction of sp³-hybridized carbons (Fsp3) is 0.812. The predicted molar refractivity (Wildman–Crippen MR) is 83.1 cm³/mol. The molecule has 3 fully saturated rings. The van der Waals surface area contributed by atoms with Crippen molar-refractivity contribution in [2.75, 3.05) is 11.5 Å². The van der Waals surface area contributed by atoms with E-state index in [1.165, 1.54) is 0 Å². The Bertz CT molecular complexity index is 477. The van der Waals surface area contributed by atoms with Crippen LogP contribution in [0.25, 0.3) is 0 Å². The third-order valence-corrected chi connectivity index (χ3v) is 6.35. The number of aliphatic carboxylic acids is 1. The van der Waals surface area contributed by atoms with Gasteiger partial charge in [-0.15, -0.1) is 0 Å². The Morgan fingerprint density at radius 2 is 1.82 bits per heavy atom. The average Bonchev–Trinajstić information content (AvgIpc) is 3.12. The lowest BCUT2D eigenvalue weighted by molar-refractivity contribution is -0.137.